The maximum absolute atomic E-state index is 13.8. The highest BCUT2D eigenvalue weighted by Crippen LogP contribution is 2.29. The molecule has 1 aromatic carbocycles. The molecule has 158 valence electrons. The first-order valence-corrected chi connectivity index (χ1v) is 10.5. The van der Waals surface area contributed by atoms with E-state index in [0.29, 0.717) is 32.7 Å². The van der Waals surface area contributed by atoms with Gasteiger partial charge in [-0.25, -0.2) is 8.78 Å². The SMILES string of the molecule is O=C(CN1CCN(C(=O)c2c(F)cccc2F)CC1)NC1CCN(C2CC2)CC1. The number of carbonyl (C=O) groups is 2. The van der Waals surface area contributed by atoms with E-state index in [4.69, 9.17) is 0 Å². The normalized spacial score (nSPS) is 21.9. The average Bonchev–Trinajstić information content (AvgIpc) is 3.54. The molecule has 2 heterocycles. The van der Waals surface area contributed by atoms with Crippen molar-refractivity contribution in [2.45, 2.75) is 37.8 Å². The van der Waals surface area contributed by atoms with E-state index in [0.717, 1.165) is 44.1 Å². The van der Waals surface area contributed by atoms with Crippen LogP contribution in [0.15, 0.2) is 18.2 Å². The maximum atomic E-state index is 13.8. The zero-order valence-electron chi connectivity index (χ0n) is 16.6. The van der Waals surface area contributed by atoms with Crippen molar-refractivity contribution in [2.75, 3.05) is 45.8 Å². The highest BCUT2D eigenvalue weighted by molar-refractivity contribution is 5.94. The van der Waals surface area contributed by atoms with Crippen LogP contribution in [0.3, 0.4) is 0 Å². The molecule has 4 rings (SSSR count). The van der Waals surface area contributed by atoms with Gasteiger partial charge in [0, 0.05) is 51.4 Å². The largest absolute Gasteiger partial charge is 0.352 e. The third kappa shape index (κ3) is 4.93. The van der Waals surface area contributed by atoms with E-state index in [1.165, 1.54) is 23.8 Å². The van der Waals surface area contributed by atoms with Crippen molar-refractivity contribution in [1.82, 2.24) is 20.0 Å². The molecule has 29 heavy (non-hydrogen) atoms. The molecule has 2 amide bonds. The minimum atomic E-state index is -0.843. The fourth-order valence-corrected chi connectivity index (χ4v) is 4.29. The van der Waals surface area contributed by atoms with Gasteiger partial charge in [-0.3, -0.25) is 14.5 Å². The highest BCUT2D eigenvalue weighted by Gasteiger charge is 2.32. The number of piperidine rings is 1. The minimum Gasteiger partial charge on any atom is -0.352 e. The zero-order valence-corrected chi connectivity index (χ0v) is 16.6. The van der Waals surface area contributed by atoms with Gasteiger partial charge in [0.25, 0.3) is 5.91 Å². The van der Waals surface area contributed by atoms with Crippen molar-refractivity contribution in [3.63, 3.8) is 0 Å². The van der Waals surface area contributed by atoms with Crippen LogP contribution in [0.1, 0.15) is 36.0 Å². The van der Waals surface area contributed by atoms with Crippen LogP contribution in [0.2, 0.25) is 0 Å². The smallest absolute Gasteiger partial charge is 0.259 e. The van der Waals surface area contributed by atoms with Crippen LogP contribution in [-0.2, 0) is 4.79 Å². The van der Waals surface area contributed by atoms with E-state index >= 15 is 0 Å². The first-order valence-electron chi connectivity index (χ1n) is 10.5. The molecular weight excluding hydrogens is 378 g/mol. The Morgan fingerprint density at radius 3 is 2.14 bits per heavy atom. The number of amides is 2. The van der Waals surface area contributed by atoms with Gasteiger partial charge in [-0.05, 0) is 37.8 Å². The Labute approximate surface area is 169 Å². The molecule has 2 aliphatic heterocycles. The summed E-state index contributed by atoms with van der Waals surface area (Å²) in [5, 5.41) is 3.13. The van der Waals surface area contributed by atoms with Crippen LogP contribution >= 0.6 is 0 Å². The van der Waals surface area contributed by atoms with Crippen LogP contribution in [-0.4, -0.2) is 84.4 Å². The monoisotopic (exact) mass is 406 g/mol. The van der Waals surface area contributed by atoms with Crippen LogP contribution in [0.4, 0.5) is 8.78 Å². The summed E-state index contributed by atoms with van der Waals surface area (Å²) in [6, 6.07) is 4.44. The van der Waals surface area contributed by atoms with E-state index < -0.39 is 23.1 Å². The van der Waals surface area contributed by atoms with Crippen molar-refractivity contribution < 1.29 is 18.4 Å². The molecule has 1 aliphatic carbocycles. The first-order chi connectivity index (χ1) is 14.0. The number of carbonyl (C=O) groups excluding carboxylic acids is 2. The summed E-state index contributed by atoms with van der Waals surface area (Å²) in [7, 11) is 0. The lowest BCUT2D eigenvalue weighted by atomic mass is 10.0. The molecule has 6 nitrogen and oxygen atoms in total. The number of hydrogen-bond acceptors (Lipinski definition) is 4. The number of hydrogen-bond donors (Lipinski definition) is 1. The number of likely N-dealkylation sites (tertiary alicyclic amines) is 1. The predicted molar refractivity (Wildman–Crippen MR) is 104 cm³/mol. The summed E-state index contributed by atoms with van der Waals surface area (Å²) >= 11 is 0. The fourth-order valence-electron chi connectivity index (χ4n) is 4.29. The van der Waals surface area contributed by atoms with Crippen molar-refractivity contribution in [3.8, 4) is 0 Å². The molecule has 1 saturated carbocycles. The summed E-state index contributed by atoms with van der Waals surface area (Å²) in [5.74, 6) is -2.31. The van der Waals surface area contributed by atoms with Crippen molar-refractivity contribution in [1.29, 1.82) is 0 Å². The Balaban J connectivity index is 1.20. The van der Waals surface area contributed by atoms with Gasteiger partial charge < -0.3 is 15.1 Å². The zero-order chi connectivity index (χ0) is 20.4. The van der Waals surface area contributed by atoms with Gasteiger partial charge in [-0.2, -0.15) is 0 Å². The molecule has 0 unspecified atom stereocenters. The molecule has 3 aliphatic rings. The lowest BCUT2D eigenvalue weighted by Crippen LogP contribution is -2.53. The second kappa shape index (κ2) is 8.75. The Morgan fingerprint density at radius 1 is 0.931 bits per heavy atom. The van der Waals surface area contributed by atoms with E-state index in [2.05, 4.69) is 10.2 Å². The maximum Gasteiger partial charge on any atom is 0.259 e. The number of benzene rings is 1. The molecule has 8 heteroatoms. The van der Waals surface area contributed by atoms with Gasteiger partial charge in [0.15, 0.2) is 0 Å². The summed E-state index contributed by atoms with van der Waals surface area (Å²) < 4.78 is 27.7. The van der Waals surface area contributed by atoms with E-state index in [9.17, 15) is 18.4 Å². The molecule has 3 fully saturated rings. The number of piperazine rings is 1. The topological polar surface area (TPSA) is 55.9 Å². The Morgan fingerprint density at radius 2 is 1.55 bits per heavy atom. The number of nitrogens with one attached hydrogen (secondary N) is 1. The van der Waals surface area contributed by atoms with Crippen molar-refractivity contribution >= 4 is 11.8 Å². The lowest BCUT2D eigenvalue weighted by Gasteiger charge is -2.35. The second-order valence-electron chi connectivity index (χ2n) is 8.27. The van der Waals surface area contributed by atoms with Gasteiger partial charge in [-0.15, -0.1) is 0 Å². The Hall–Kier alpha value is -2.06. The summed E-state index contributed by atoms with van der Waals surface area (Å²) in [6.45, 7) is 4.12. The molecule has 1 N–H and O–H groups in total. The minimum absolute atomic E-state index is 0.00907. The van der Waals surface area contributed by atoms with Crippen molar-refractivity contribution in [2.24, 2.45) is 0 Å². The molecule has 0 bridgehead atoms. The molecular formula is C21H28F2N4O2. The molecule has 2 saturated heterocycles. The Kier molecular flexibility index (Phi) is 6.10. The van der Waals surface area contributed by atoms with E-state index in [1.54, 1.807) is 0 Å². The first kappa shape index (κ1) is 20.2. The van der Waals surface area contributed by atoms with Crippen LogP contribution in [0, 0.1) is 11.6 Å². The molecule has 0 atom stereocenters. The second-order valence-corrected chi connectivity index (χ2v) is 8.27. The van der Waals surface area contributed by atoms with Gasteiger partial charge in [0.2, 0.25) is 5.91 Å². The predicted octanol–water partition coefficient (Wildman–Crippen LogP) is 1.47. The number of halogens is 2. The quantitative estimate of drug-likeness (QED) is 0.805. The van der Waals surface area contributed by atoms with E-state index in [-0.39, 0.29) is 11.9 Å². The molecule has 1 aromatic rings. The van der Waals surface area contributed by atoms with Crippen LogP contribution < -0.4 is 5.32 Å². The molecule has 0 radical (unpaired) electrons. The van der Waals surface area contributed by atoms with Gasteiger partial charge >= 0.3 is 0 Å². The molecule has 0 spiro atoms. The summed E-state index contributed by atoms with van der Waals surface area (Å²) in [6.07, 6.45) is 4.63. The van der Waals surface area contributed by atoms with Gasteiger partial charge in [0.1, 0.15) is 17.2 Å². The Bertz CT molecular complexity index is 735. The van der Waals surface area contributed by atoms with Gasteiger partial charge in [-0.1, -0.05) is 6.07 Å². The number of nitrogens with zero attached hydrogens (tertiary/aromatic N) is 3. The fraction of sp³-hybridized carbons (Fsp3) is 0.619. The average molecular weight is 406 g/mol. The standard InChI is InChI=1S/C21H28F2N4O2/c22-17-2-1-3-18(23)20(17)21(29)27-12-10-25(11-13-27)14-19(28)24-15-6-8-26(9-7-15)16-4-5-16/h1-3,15-16H,4-14H2,(H,24,28). The molecule has 0 aromatic heterocycles. The highest BCUT2D eigenvalue weighted by atomic mass is 19.1. The number of rotatable bonds is 5. The summed E-state index contributed by atoms with van der Waals surface area (Å²) in [4.78, 5) is 30.8. The summed E-state index contributed by atoms with van der Waals surface area (Å²) in [5.41, 5.74) is -0.503. The van der Waals surface area contributed by atoms with Crippen molar-refractivity contribution in [3.05, 3.63) is 35.4 Å². The van der Waals surface area contributed by atoms with Gasteiger partial charge in [0.05, 0.1) is 6.54 Å². The lowest BCUT2D eigenvalue weighted by molar-refractivity contribution is -0.123. The third-order valence-corrected chi connectivity index (χ3v) is 6.16. The van der Waals surface area contributed by atoms with E-state index in [1.807, 2.05) is 4.90 Å². The van der Waals surface area contributed by atoms with Crippen LogP contribution in [0.5, 0.6) is 0 Å². The van der Waals surface area contributed by atoms with Crippen LogP contribution in [0.25, 0.3) is 0 Å². The third-order valence-electron chi connectivity index (χ3n) is 6.16.